The van der Waals surface area contributed by atoms with Crippen molar-refractivity contribution in [3.63, 3.8) is 0 Å². The number of anilines is 1. The number of ketones is 1. The Morgan fingerprint density at radius 2 is 2.00 bits per heavy atom. The number of benzene rings is 1. The standard InChI is InChI=1S/C18H17ClN4O4S.C4H9F/c1-20-18(27)13(24)7-21-16(25)11-6-9(19)2-4-12(11)23-17(26)10-3-5-14-15(10)22-8-28-14;1-3-4(2)5/h2,4,6,8,10H,3,5,7H2,1H3,(H,20,27)(H,21,25)(H,23,26);4H,3H2,1-2H3. The van der Waals surface area contributed by atoms with Gasteiger partial charge in [0, 0.05) is 16.9 Å². The monoisotopic (exact) mass is 496 g/mol. The zero-order chi connectivity index (χ0) is 24.5. The molecule has 0 aliphatic heterocycles. The zero-order valence-electron chi connectivity index (χ0n) is 18.5. The van der Waals surface area contributed by atoms with E-state index in [9.17, 15) is 23.6 Å². The number of Topliss-reactive ketones (excluding diaryl/α,β-unsaturated/α-hetero) is 1. The maximum atomic E-state index is 12.7. The lowest BCUT2D eigenvalue weighted by atomic mass is 10.1. The molecule has 8 nitrogen and oxygen atoms in total. The molecule has 0 saturated carbocycles. The van der Waals surface area contributed by atoms with Gasteiger partial charge in [-0.1, -0.05) is 18.5 Å². The first-order valence-corrected chi connectivity index (χ1v) is 11.6. The molecule has 1 aliphatic rings. The Balaban J connectivity index is 0.000000696. The van der Waals surface area contributed by atoms with Gasteiger partial charge >= 0.3 is 0 Å². The quantitative estimate of drug-likeness (QED) is 0.508. The molecule has 0 fully saturated rings. The van der Waals surface area contributed by atoms with Crippen LogP contribution < -0.4 is 16.0 Å². The van der Waals surface area contributed by atoms with E-state index in [2.05, 4.69) is 20.9 Å². The summed E-state index contributed by atoms with van der Waals surface area (Å²) in [5, 5.41) is 7.60. The van der Waals surface area contributed by atoms with Crippen LogP contribution >= 0.6 is 22.9 Å². The number of aryl methyl sites for hydroxylation is 1. The fraction of sp³-hybridized carbons (Fsp3) is 0.409. The van der Waals surface area contributed by atoms with E-state index in [0.717, 1.165) is 17.0 Å². The first kappa shape index (κ1) is 26.4. The van der Waals surface area contributed by atoms with Crippen LogP contribution in [0.1, 0.15) is 53.5 Å². The molecule has 1 aromatic heterocycles. The number of carbonyl (C=O) groups excluding carboxylic acids is 4. The largest absolute Gasteiger partial charge is 0.353 e. The van der Waals surface area contributed by atoms with Gasteiger partial charge in [0.05, 0.1) is 41.1 Å². The van der Waals surface area contributed by atoms with E-state index < -0.39 is 30.3 Å². The number of halogens is 2. The molecule has 2 unspecified atom stereocenters. The maximum absolute atomic E-state index is 12.7. The molecule has 2 atom stereocenters. The first-order valence-electron chi connectivity index (χ1n) is 10.4. The Labute approximate surface area is 200 Å². The van der Waals surface area contributed by atoms with Crippen LogP contribution in [0.4, 0.5) is 10.1 Å². The number of nitrogens with one attached hydrogen (secondary N) is 3. The summed E-state index contributed by atoms with van der Waals surface area (Å²) < 4.78 is 11.4. The minimum absolute atomic E-state index is 0.0991. The maximum Gasteiger partial charge on any atom is 0.289 e. The van der Waals surface area contributed by atoms with Gasteiger partial charge in [-0.05, 0) is 44.4 Å². The Morgan fingerprint density at radius 1 is 1.30 bits per heavy atom. The van der Waals surface area contributed by atoms with Gasteiger partial charge in [0.1, 0.15) is 0 Å². The number of nitrogens with zero attached hydrogens (tertiary/aromatic N) is 1. The first-order chi connectivity index (χ1) is 15.7. The molecular weight excluding hydrogens is 471 g/mol. The van der Waals surface area contributed by atoms with Crippen LogP contribution in [0.3, 0.4) is 0 Å². The second-order valence-corrected chi connectivity index (χ2v) is 8.68. The van der Waals surface area contributed by atoms with Crippen molar-refractivity contribution in [2.45, 2.75) is 45.2 Å². The van der Waals surface area contributed by atoms with Gasteiger partial charge in [-0.25, -0.2) is 9.37 Å². The summed E-state index contributed by atoms with van der Waals surface area (Å²) >= 11 is 7.51. The summed E-state index contributed by atoms with van der Waals surface area (Å²) in [5.74, 6) is -2.85. The Morgan fingerprint density at radius 3 is 2.64 bits per heavy atom. The lowest BCUT2D eigenvalue weighted by molar-refractivity contribution is -0.136. The van der Waals surface area contributed by atoms with Gasteiger partial charge in [-0.3, -0.25) is 19.2 Å². The van der Waals surface area contributed by atoms with Crippen LogP contribution in [-0.2, 0) is 20.8 Å². The minimum atomic E-state index is -0.805. The topological polar surface area (TPSA) is 117 Å². The number of carbonyl (C=O) groups is 4. The van der Waals surface area contributed by atoms with E-state index in [4.69, 9.17) is 11.6 Å². The highest BCUT2D eigenvalue weighted by atomic mass is 35.5. The lowest BCUT2D eigenvalue weighted by Crippen LogP contribution is -2.38. The summed E-state index contributed by atoms with van der Waals surface area (Å²) in [6.45, 7) is 2.91. The number of amides is 3. The van der Waals surface area contributed by atoms with E-state index in [1.54, 1.807) is 18.5 Å². The molecule has 1 aliphatic carbocycles. The average Bonchev–Trinajstić information content (AvgIpc) is 3.42. The molecule has 1 heterocycles. The van der Waals surface area contributed by atoms with Gasteiger partial charge < -0.3 is 16.0 Å². The molecule has 3 rings (SSSR count). The van der Waals surface area contributed by atoms with Gasteiger partial charge in [0.25, 0.3) is 11.8 Å². The van der Waals surface area contributed by atoms with Crippen LogP contribution in [0.25, 0.3) is 0 Å². The molecule has 0 radical (unpaired) electrons. The Bertz CT molecular complexity index is 1030. The van der Waals surface area contributed by atoms with E-state index in [1.807, 2.05) is 6.92 Å². The molecule has 0 spiro atoms. The molecule has 2 aromatic rings. The van der Waals surface area contributed by atoms with Crippen molar-refractivity contribution in [3.05, 3.63) is 44.9 Å². The van der Waals surface area contributed by atoms with Gasteiger partial charge in [-0.15, -0.1) is 11.3 Å². The summed E-state index contributed by atoms with van der Waals surface area (Å²) in [7, 11) is 1.32. The van der Waals surface area contributed by atoms with Crippen molar-refractivity contribution >= 4 is 52.1 Å². The smallest absolute Gasteiger partial charge is 0.289 e. The second-order valence-electron chi connectivity index (χ2n) is 7.31. The van der Waals surface area contributed by atoms with Crippen LogP contribution in [0.2, 0.25) is 5.02 Å². The number of alkyl halides is 1. The molecular formula is C22H26ClFN4O4S. The summed E-state index contributed by atoms with van der Waals surface area (Å²) in [5.41, 5.74) is 2.86. The van der Waals surface area contributed by atoms with E-state index >= 15 is 0 Å². The number of fused-ring (bicyclic) bond motifs is 1. The van der Waals surface area contributed by atoms with Gasteiger partial charge in [0.15, 0.2) is 0 Å². The number of rotatable bonds is 7. The van der Waals surface area contributed by atoms with Gasteiger partial charge in [0.2, 0.25) is 11.7 Å². The third kappa shape index (κ3) is 7.33. The van der Waals surface area contributed by atoms with Crippen LogP contribution in [-0.4, -0.2) is 48.3 Å². The van der Waals surface area contributed by atoms with E-state index in [-0.39, 0.29) is 23.1 Å². The predicted octanol–water partition coefficient (Wildman–Crippen LogP) is 3.26. The number of hydrogen-bond donors (Lipinski definition) is 3. The van der Waals surface area contributed by atoms with Crippen molar-refractivity contribution in [3.8, 4) is 0 Å². The summed E-state index contributed by atoms with van der Waals surface area (Å²) in [6.07, 6.45) is 1.49. The van der Waals surface area contributed by atoms with E-state index in [1.165, 1.54) is 30.5 Å². The molecule has 3 N–H and O–H groups in total. The van der Waals surface area contributed by atoms with E-state index in [0.29, 0.717) is 17.9 Å². The normalized spacial score (nSPS) is 14.9. The minimum Gasteiger partial charge on any atom is -0.353 e. The second kappa shape index (κ2) is 12.4. The van der Waals surface area contributed by atoms with Crippen molar-refractivity contribution in [2.75, 3.05) is 18.9 Å². The molecule has 3 amide bonds. The summed E-state index contributed by atoms with van der Waals surface area (Å²) in [6, 6.07) is 4.46. The van der Waals surface area contributed by atoms with Crippen LogP contribution in [0.5, 0.6) is 0 Å². The Kier molecular flexibility index (Phi) is 9.93. The molecule has 33 heavy (non-hydrogen) atoms. The van der Waals surface area contributed by atoms with Crippen LogP contribution in [0.15, 0.2) is 23.7 Å². The predicted molar refractivity (Wildman–Crippen MR) is 126 cm³/mol. The van der Waals surface area contributed by atoms with Crippen molar-refractivity contribution in [1.29, 1.82) is 0 Å². The molecule has 178 valence electrons. The van der Waals surface area contributed by atoms with Crippen LogP contribution in [0, 0.1) is 0 Å². The molecule has 0 bridgehead atoms. The molecule has 0 saturated heterocycles. The fourth-order valence-corrected chi connectivity index (χ4v) is 3.94. The highest BCUT2D eigenvalue weighted by molar-refractivity contribution is 7.09. The highest BCUT2D eigenvalue weighted by Gasteiger charge is 2.31. The van der Waals surface area contributed by atoms with Crippen molar-refractivity contribution in [1.82, 2.24) is 15.6 Å². The van der Waals surface area contributed by atoms with Crippen molar-refractivity contribution in [2.24, 2.45) is 0 Å². The number of likely N-dealkylation sites (N-methyl/N-ethyl adjacent to an activating group) is 1. The van der Waals surface area contributed by atoms with Gasteiger partial charge in [-0.2, -0.15) is 0 Å². The third-order valence-corrected chi connectivity index (χ3v) is 6.06. The highest BCUT2D eigenvalue weighted by Crippen LogP contribution is 2.35. The van der Waals surface area contributed by atoms with Crippen molar-refractivity contribution < 1.29 is 23.6 Å². The number of hydrogen-bond acceptors (Lipinski definition) is 6. The Hall–Kier alpha value is -2.85. The molecule has 1 aromatic carbocycles. The number of aromatic nitrogens is 1. The fourth-order valence-electron chi connectivity index (χ4n) is 2.93. The summed E-state index contributed by atoms with van der Waals surface area (Å²) in [4.78, 5) is 53.4. The zero-order valence-corrected chi connectivity index (χ0v) is 20.1. The lowest BCUT2D eigenvalue weighted by Gasteiger charge is -2.14. The third-order valence-electron chi connectivity index (χ3n) is 4.92. The molecule has 11 heteroatoms. The average molecular weight is 497 g/mol. The number of thiazole rings is 1. The SMILES string of the molecule is CCC(C)F.CNC(=O)C(=O)CNC(=O)c1cc(Cl)ccc1NC(=O)C1CCc2scnc21.